The Balaban J connectivity index is 2.10. The summed E-state index contributed by atoms with van der Waals surface area (Å²) < 4.78 is 13.6. The third-order valence-corrected chi connectivity index (χ3v) is 5.22. The number of rotatable bonds is 8. The van der Waals surface area contributed by atoms with Crippen LogP contribution >= 0.6 is 0 Å². The number of allylic oxidation sites excluding steroid dienone is 4. The number of hydrogen-bond acceptors (Lipinski definition) is 3. The molecule has 152 valence electrons. The number of piperidine rings is 1. The van der Waals surface area contributed by atoms with E-state index in [1.807, 2.05) is 18.2 Å². The van der Waals surface area contributed by atoms with Crippen LogP contribution in [0.2, 0.25) is 0 Å². The summed E-state index contributed by atoms with van der Waals surface area (Å²) in [4.78, 5) is 22.9. The van der Waals surface area contributed by atoms with Gasteiger partial charge in [0.15, 0.2) is 0 Å². The first-order valence-electron chi connectivity index (χ1n) is 9.52. The molecule has 1 amide bonds. The van der Waals surface area contributed by atoms with Gasteiger partial charge in [0, 0.05) is 36.8 Å². The molecule has 0 atom stereocenters. The number of carbonyl (C=O) groups excluding carboxylic acids is 1. The van der Waals surface area contributed by atoms with E-state index in [0.717, 1.165) is 31.0 Å². The average Bonchev–Trinajstić information content (AvgIpc) is 2.70. The van der Waals surface area contributed by atoms with Gasteiger partial charge in [0.1, 0.15) is 5.83 Å². The maximum Gasteiger partial charge on any atom is 0.254 e. The van der Waals surface area contributed by atoms with Crippen molar-refractivity contribution >= 4 is 12.6 Å². The highest BCUT2D eigenvalue weighted by molar-refractivity contribution is 5.99. The highest BCUT2D eigenvalue weighted by Gasteiger charge is 2.33. The third-order valence-electron chi connectivity index (χ3n) is 5.22. The molecule has 1 aliphatic rings. The van der Waals surface area contributed by atoms with Crippen LogP contribution in [0.3, 0.4) is 0 Å². The Bertz CT molecular complexity index is 859. The van der Waals surface area contributed by atoms with E-state index >= 15 is 0 Å². The van der Waals surface area contributed by atoms with E-state index in [1.54, 1.807) is 17.2 Å². The molecule has 1 aromatic rings. The molecule has 0 N–H and O–H groups in total. The van der Waals surface area contributed by atoms with Crippen LogP contribution in [0, 0.1) is 5.41 Å². The van der Waals surface area contributed by atoms with Crippen molar-refractivity contribution in [3.8, 4) is 0 Å². The maximum atomic E-state index is 13.6. The zero-order valence-corrected chi connectivity index (χ0v) is 17.0. The zero-order valence-electron chi connectivity index (χ0n) is 17.0. The van der Waals surface area contributed by atoms with E-state index in [4.69, 9.17) is 0 Å². The lowest BCUT2D eigenvalue weighted by atomic mass is 9.76. The van der Waals surface area contributed by atoms with Gasteiger partial charge >= 0.3 is 0 Å². The van der Waals surface area contributed by atoms with Crippen molar-refractivity contribution in [1.29, 1.82) is 0 Å². The largest absolute Gasteiger partial charge is 0.339 e. The highest BCUT2D eigenvalue weighted by atomic mass is 19.1. The van der Waals surface area contributed by atoms with Crippen molar-refractivity contribution in [2.24, 2.45) is 10.4 Å². The van der Waals surface area contributed by atoms with Crippen LogP contribution < -0.4 is 0 Å². The third kappa shape index (κ3) is 6.21. The molecule has 0 bridgehead atoms. The normalized spacial score (nSPS) is 16.5. The molecule has 1 fully saturated rings. The lowest BCUT2D eigenvalue weighted by Gasteiger charge is -2.39. The van der Waals surface area contributed by atoms with Crippen molar-refractivity contribution in [2.45, 2.75) is 26.2 Å². The number of aliphatic imine (C=N–C) groups is 1. The Labute approximate surface area is 172 Å². The Morgan fingerprint density at radius 1 is 1.31 bits per heavy atom. The van der Waals surface area contributed by atoms with Crippen molar-refractivity contribution in [2.75, 3.05) is 13.1 Å². The van der Waals surface area contributed by atoms with Crippen molar-refractivity contribution in [3.05, 3.63) is 90.7 Å². The van der Waals surface area contributed by atoms with E-state index in [1.165, 1.54) is 6.20 Å². The number of nitrogens with zero attached hydrogens (tertiary/aromatic N) is 3. The topological polar surface area (TPSA) is 45.6 Å². The van der Waals surface area contributed by atoms with Crippen molar-refractivity contribution in [1.82, 2.24) is 9.88 Å². The minimum absolute atomic E-state index is 0.0671. The van der Waals surface area contributed by atoms with Crippen molar-refractivity contribution in [3.63, 3.8) is 0 Å². The van der Waals surface area contributed by atoms with Crippen LogP contribution in [-0.2, 0) is 11.2 Å². The highest BCUT2D eigenvalue weighted by Crippen LogP contribution is 2.35. The number of amides is 1. The minimum Gasteiger partial charge on any atom is -0.339 e. The smallest absolute Gasteiger partial charge is 0.254 e. The number of hydrogen-bond donors (Lipinski definition) is 0. The summed E-state index contributed by atoms with van der Waals surface area (Å²) in [5.41, 5.74) is 2.09. The average molecular weight is 394 g/mol. The summed E-state index contributed by atoms with van der Waals surface area (Å²) >= 11 is 0. The first-order chi connectivity index (χ1) is 13.8. The van der Waals surface area contributed by atoms with Gasteiger partial charge in [-0.15, -0.1) is 0 Å². The summed E-state index contributed by atoms with van der Waals surface area (Å²) in [7, 11) is 0. The molecule has 2 rings (SSSR count). The summed E-state index contributed by atoms with van der Waals surface area (Å²) in [5, 5.41) is 0. The molecule has 1 aromatic heterocycles. The van der Waals surface area contributed by atoms with Crippen LogP contribution in [-0.4, -0.2) is 35.6 Å². The number of pyridine rings is 1. The Morgan fingerprint density at radius 2 is 2.00 bits per heavy atom. The Kier molecular flexibility index (Phi) is 7.59. The molecule has 0 radical (unpaired) electrons. The zero-order chi connectivity index (χ0) is 21.4. The minimum atomic E-state index is -0.704. The lowest BCUT2D eigenvalue weighted by Crippen LogP contribution is -2.43. The molecule has 5 heteroatoms. The first-order valence-corrected chi connectivity index (χ1v) is 9.52. The Hall–Kier alpha value is -3.08. The van der Waals surface area contributed by atoms with Crippen LogP contribution in [0.15, 0.2) is 90.0 Å². The summed E-state index contributed by atoms with van der Waals surface area (Å²) in [6.07, 6.45) is 8.49. The number of halogens is 1. The fraction of sp³-hybridized carbons (Fsp3) is 0.292. The molecule has 0 aliphatic carbocycles. The van der Waals surface area contributed by atoms with Crippen LogP contribution in [0.25, 0.3) is 0 Å². The SMILES string of the molecule is C=N/C=C\C(=C)C(=C)/C(=C\C(=C)F)C(=O)N1CCC(C)(Cc2ccccn2)CC1. The second kappa shape index (κ2) is 9.92. The van der Waals surface area contributed by atoms with E-state index in [2.05, 4.69) is 43.4 Å². The molecule has 1 aliphatic heterocycles. The summed E-state index contributed by atoms with van der Waals surface area (Å²) in [6.45, 7) is 17.8. The molecule has 29 heavy (non-hydrogen) atoms. The lowest BCUT2D eigenvalue weighted by molar-refractivity contribution is -0.129. The van der Waals surface area contributed by atoms with Gasteiger partial charge in [0.25, 0.3) is 5.91 Å². The Morgan fingerprint density at radius 3 is 2.55 bits per heavy atom. The quantitative estimate of drug-likeness (QED) is 0.355. The van der Waals surface area contributed by atoms with Gasteiger partial charge in [-0.25, -0.2) is 4.39 Å². The van der Waals surface area contributed by atoms with Gasteiger partial charge < -0.3 is 4.90 Å². The molecule has 0 aromatic carbocycles. The van der Waals surface area contributed by atoms with E-state index < -0.39 is 5.83 Å². The molecule has 1 saturated heterocycles. The number of carbonyl (C=O) groups is 1. The number of likely N-dealkylation sites (tertiary alicyclic amines) is 1. The van der Waals surface area contributed by atoms with Gasteiger partial charge in [-0.05, 0) is 66.8 Å². The van der Waals surface area contributed by atoms with Crippen LogP contribution in [0.1, 0.15) is 25.5 Å². The second-order valence-corrected chi connectivity index (χ2v) is 7.61. The summed E-state index contributed by atoms with van der Waals surface area (Å²) in [5.74, 6) is -0.972. The van der Waals surface area contributed by atoms with E-state index in [9.17, 15) is 9.18 Å². The molecule has 0 spiro atoms. The van der Waals surface area contributed by atoms with Gasteiger partial charge in [-0.3, -0.25) is 14.8 Å². The molecule has 0 unspecified atom stereocenters. The molecule has 4 nitrogen and oxygen atoms in total. The predicted octanol–water partition coefficient (Wildman–Crippen LogP) is 4.99. The molecular formula is C24H28FN3O. The van der Waals surface area contributed by atoms with Gasteiger partial charge in [-0.1, -0.05) is 32.7 Å². The number of aromatic nitrogens is 1. The van der Waals surface area contributed by atoms with Crippen LogP contribution in [0.5, 0.6) is 0 Å². The van der Waals surface area contributed by atoms with E-state index in [0.29, 0.717) is 24.2 Å². The van der Waals surface area contributed by atoms with Crippen LogP contribution in [0.4, 0.5) is 4.39 Å². The molecular weight excluding hydrogens is 365 g/mol. The standard InChI is InChI=1S/C24H28FN3O/c1-18(9-13-26-5)20(3)22(16-19(2)25)23(29)28-14-10-24(4,11-15-28)17-21-8-6-7-12-27-21/h6-9,12-13,16H,1-3,5,10-11,14-15,17H2,4H3/b13-9-,22-16+. The fourth-order valence-corrected chi connectivity index (χ4v) is 3.39. The molecule has 0 saturated carbocycles. The second-order valence-electron chi connectivity index (χ2n) is 7.61. The van der Waals surface area contributed by atoms with Gasteiger partial charge in [0.05, 0.1) is 0 Å². The predicted molar refractivity (Wildman–Crippen MR) is 117 cm³/mol. The van der Waals surface area contributed by atoms with Gasteiger partial charge in [-0.2, -0.15) is 0 Å². The fourth-order valence-electron chi connectivity index (χ4n) is 3.39. The summed E-state index contributed by atoms with van der Waals surface area (Å²) in [6, 6.07) is 5.92. The maximum absolute atomic E-state index is 13.6. The van der Waals surface area contributed by atoms with Gasteiger partial charge in [0.2, 0.25) is 0 Å². The molecule has 2 heterocycles. The first kappa shape index (κ1) is 22.2. The monoisotopic (exact) mass is 393 g/mol. The van der Waals surface area contributed by atoms with Crippen molar-refractivity contribution < 1.29 is 9.18 Å². The van der Waals surface area contributed by atoms with E-state index in [-0.39, 0.29) is 16.9 Å².